The van der Waals surface area contributed by atoms with Crippen molar-refractivity contribution in [1.29, 1.82) is 0 Å². The van der Waals surface area contributed by atoms with Crippen LogP contribution >= 0.6 is 11.3 Å². The van der Waals surface area contributed by atoms with E-state index >= 15 is 0 Å². The lowest BCUT2D eigenvalue weighted by Crippen LogP contribution is -2.36. The number of amides is 1. The van der Waals surface area contributed by atoms with Gasteiger partial charge in [-0.1, -0.05) is 11.2 Å². The number of benzene rings is 1. The zero-order valence-electron chi connectivity index (χ0n) is 17.7. The number of thiophene rings is 1. The number of hydrogen-bond acceptors (Lipinski definition) is 9. The van der Waals surface area contributed by atoms with Crippen molar-refractivity contribution >= 4 is 33.3 Å². The average molecular weight is 481 g/mol. The largest absolute Gasteiger partial charge is 0.407 e. The number of carbonyl (C=O) groups excluding carboxylic acids is 1. The van der Waals surface area contributed by atoms with E-state index in [9.17, 15) is 13.2 Å². The lowest BCUT2D eigenvalue weighted by Gasteiger charge is -2.21. The number of ether oxygens (including phenoxy) is 2. The average Bonchev–Trinajstić information content (AvgIpc) is 3.46. The van der Waals surface area contributed by atoms with Crippen LogP contribution in [-0.4, -0.2) is 69.4 Å². The fourth-order valence-corrected chi connectivity index (χ4v) is 4.88. The van der Waals surface area contributed by atoms with E-state index in [2.05, 4.69) is 15.5 Å². The smallest absolute Gasteiger partial charge is 0.322 e. The first kappa shape index (κ1) is 24.0. The first-order valence-corrected chi connectivity index (χ1v) is 12.0. The Morgan fingerprint density at radius 3 is 2.38 bits per heavy atom. The Morgan fingerprint density at radius 2 is 1.78 bits per heavy atom. The van der Waals surface area contributed by atoms with Gasteiger partial charge in [0.2, 0.25) is 15.9 Å². The highest BCUT2D eigenvalue weighted by molar-refractivity contribution is 7.89. The summed E-state index contributed by atoms with van der Waals surface area (Å²) in [6.45, 7) is 0.884. The van der Waals surface area contributed by atoms with Crippen LogP contribution < -0.4 is 5.32 Å². The van der Waals surface area contributed by atoms with E-state index in [0.29, 0.717) is 12.3 Å². The maximum Gasteiger partial charge on any atom is 0.322 e. The Balaban J connectivity index is 1.66. The third-order valence-corrected chi connectivity index (χ3v) is 7.23. The standard InChI is InChI=1S/C20H24N4O6S2/c1-28-11-9-24(10-12-29-2)32(26,27)17-7-5-15(6-8-17)19(25)21-20-23-22-18(30-20)14-16-4-3-13-31-16/h3-8,13H,9-12,14H2,1-2H3,(H,21,23,25). The van der Waals surface area contributed by atoms with Gasteiger partial charge in [-0.05, 0) is 35.7 Å². The number of sulfonamides is 1. The molecule has 12 heteroatoms. The van der Waals surface area contributed by atoms with Crippen LogP contribution in [0.5, 0.6) is 0 Å². The Hall–Kier alpha value is -2.64. The van der Waals surface area contributed by atoms with Crippen molar-refractivity contribution in [2.75, 3.05) is 45.8 Å². The van der Waals surface area contributed by atoms with E-state index < -0.39 is 15.9 Å². The molecule has 1 amide bonds. The van der Waals surface area contributed by atoms with Gasteiger partial charge < -0.3 is 13.9 Å². The second kappa shape index (κ2) is 11.3. The lowest BCUT2D eigenvalue weighted by atomic mass is 10.2. The number of nitrogens with one attached hydrogen (secondary N) is 1. The van der Waals surface area contributed by atoms with E-state index in [-0.39, 0.29) is 42.8 Å². The van der Waals surface area contributed by atoms with E-state index in [0.717, 1.165) is 4.88 Å². The quantitative estimate of drug-likeness (QED) is 0.419. The predicted molar refractivity (Wildman–Crippen MR) is 118 cm³/mol. The summed E-state index contributed by atoms with van der Waals surface area (Å²) >= 11 is 1.57. The minimum Gasteiger partial charge on any atom is -0.407 e. The third-order valence-electron chi connectivity index (χ3n) is 4.44. The molecule has 0 atom stereocenters. The van der Waals surface area contributed by atoms with Crippen LogP contribution in [0.25, 0.3) is 0 Å². The summed E-state index contributed by atoms with van der Waals surface area (Å²) in [6, 6.07) is 9.47. The number of carbonyl (C=O) groups is 1. The van der Waals surface area contributed by atoms with Gasteiger partial charge in [-0.3, -0.25) is 10.1 Å². The van der Waals surface area contributed by atoms with Gasteiger partial charge in [-0.15, -0.1) is 16.4 Å². The maximum absolute atomic E-state index is 12.9. The number of aromatic nitrogens is 2. The molecule has 0 fully saturated rings. The summed E-state index contributed by atoms with van der Waals surface area (Å²) < 4.78 is 42.6. The molecule has 172 valence electrons. The Morgan fingerprint density at radius 1 is 1.09 bits per heavy atom. The van der Waals surface area contributed by atoms with Crippen molar-refractivity contribution in [3.63, 3.8) is 0 Å². The van der Waals surface area contributed by atoms with Gasteiger partial charge >= 0.3 is 6.01 Å². The summed E-state index contributed by atoms with van der Waals surface area (Å²) in [4.78, 5) is 13.6. The highest BCUT2D eigenvalue weighted by Gasteiger charge is 2.24. The number of nitrogens with zero attached hydrogens (tertiary/aromatic N) is 3. The molecule has 32 heavy (non-hydrogen) atoms. The highest BCUT2D eigenvalue weighted by Crippen LogP contribution is 2.18. The molecule has 0 saturated heterocycles. The molecule has 0 radical (unpaired) electrons. The maximum atomic E-state index is 12.9. The molecule has 0 aliphatic carbocycles. The molecule has 0 saturated carbocycles. The molecule has 1 N–H and O–H groups in total. The van der Waals surface area contributed by atoms with Gasteiger partial charge in [0, 0.05) is 37.7 Å². The van der Waals surface area contributed by atoms with E-state index in [1.165, 1.54) is 42.8 Å². The normalized spacial score (nSPS) is 11.7. The summed E-state index contributed by atoms with van der Waals surface area (Å²) in [7, 11) is -0.761. The van der Waals surface area contributed by atoms with Crippen LogP contribution in [0.1, 0.15) is 21.1 Å². The van der Waals surface area contributed by atoms with Crippen molar-refractivity contribution in [3.05, 3.63) is 58.1 Å². The van der Waals surface area contributed by atoms with Crippen molar-refractivity contribution in [3.8, 4) is 0 Å². The molecule has 2 heterocycles. The molecular formula is C20H24N4O6S2. The van der Waals surface area contributed by atoms with Crippen molar-refractivity contribution in [1.82, 2.24) is 14.5 Å². The van der Waals surface area contributed by atoms with E-state index in [1.807, 2.05) is 17.5 Å². The zero-order valence-corrected chi connectivity index (χ0v) is 19.3. The Labute approximate surface area is 190 Å². The third kappa shape index (κ3) is 6.20. The van der Waals surface area contributed by atoms with Gasteiger partial charge in [0.15, 0.2) is 0 Å². The fourth-order valence-electron chi connectivity index (χ4n) is 2.77. The number of anilines is 1. The first-order chi connectivity index (χ1) is 15.4. The van der Waals surface area contributed by atoms with Crippen LogP contribution in [0.3, 0.4) is 0 Å². The Bertz CT molecular complexity index is 1090. The minimum atomic E-state index is -3.77. The van der Waals surface area contributed by atoms with Gasteiger partial charge in [0.25, 0.3) is 5.91 Å². The van der Waals surface area contributed by atoms with Gasteiger partial charge in [0.1, 0.15) is 0 Å². The van der Waals surface area contributed by atoms with Crippen LogP contribution in [0.4, 0.5) is 6.01 Å². The molecule has 1 aromatic carbocycles. The van der Waals surface area contributed by atoms with Crippen LogP contribution in [-0.2, 0) is 25.9 Å². The number of hydrogen-bond donors (Lipinski definition) is 1. The predicted octanol–water partition coefficient (Wildman–Crippen LogP) is 2.26. The fraction of sp³-hybridized carbons (Fsp3) is 0.350. The molecule has 0 aliphatic rings. The van der Waals surface area contributed by atoms with Crippen LogP contribution in [0.15, 0.2) is 51.1 Å². The van der Waals surface area contributed by atoms with Crippen LogP contribution in [0, 0.1) is 0 Å². The van der Waals surface area contributed by atoms with Crippen molar-refractivity contribution < 1.29 is 27.1 Å². The summed E-state index contributed by atoms with van der Waals surface area (Å²) in [6.07, 6.45) is 0.482. The summed E-state index contributed by atoms with van der Waals surface area (Å²) in [5.41, 5.74) is 0.252. The molecule has 3 aromatic rings. The number of rotatable bonds is 12. The second-order valence-electron chi connectivity index (χ2n) is 6.63. The first-order valence-electron chi connectivity index (χ1n) is 9.68. The summed E-state index contributed by atoms with van der Waals surface area (Å²) in [5, 5.41) is 12.2. The molecule has 10 nitrogen and oxygen atoms in total. The molecule has 0 aliphatic heterocycles. The monoisotopic (exact) mass is 480 g/mol. The number of methoxy groups -OCH3 is 2. The molecule has 0 unspecified atom stereocenters. The molecule has 2 aromatic heterocycles. The molecular weight excluding hydrogens is 456 g/mol. The SMILES string of the molecule is COCCN(CCOC)S(=O)(=O)c1ccc(C(=O)Nc2nnc(Cc3cccs3)o2)cc1. The molecule has 0 spiro atoms. The topological polar surface area (TPSA) is 124 Å². The second-order valence-corrected chi connectivity index (χ2v) is 9.60. The molecule has 0 bridgehead atoms. The Kier molecular flexibility index (Phi) is 8.47. The minimum absolute atomic E-state index is 0.0245. The van der Waals surface area contributed by atoms with E-state index in [4.69, 9.17) is 13.9 Å². The van der Waals surface area contributed by atoms with Crippen LogP contribution in [0.2, 0.25) is 0 Å². The van der Waals surface area contributed by atoms with Crippen molar-refractivity contribution in [2.24, 2.45) is 0 Å². The van der Waals surface area contributed by atoms with Crippen molar-refractivity contribution in [2.45, 2.75) is 11.3 Å². The molecule has 3 rings (SSSR count). The van der Waals surface area contributed by atoms with Gasteiger partial charge in [-0.25, -0.2) is 8.42 Å². The summed E-state index contributed by atoms with van der Waals surface area (Å²) in [5.74, 6) is -0.104. The van der Waals surface area contributed by atoms with Gasteiger partial charge in [-0.2, -0.15) is 4.31 Å². The highest BCUT2D eigenvalue weighted by atomic mass is 32.2. The lowest BCUT2D eigenvalue weighted by molar-refractivity contribution is 0.102. The van der Waals surface area contributed by atoms with E-state index in [1.54, 1.807) is 11.3 Å². The van der Waals surface area contributed by atoms with Gasteiger partial charge in [0.05, 0.1) is 24.5 Å². The zero-order chi connectivity index (χ0) is 23.0.